The Labute approximate surface area is 202 Å². The molecule has 34 heavy (non-hydrogen) atoms. The van der Waals surface area contributed by atoms with Gasteiger partial charge in [-0.15, -0.1) is 0 Å². The summed E-state index contributed by atoms with van der Waals surface area (Å²) >= 11 is 6.18. The quantitative estimate of drug-likeness (QED) is 0.290. The lowest BCUT2D eigenvalue weighted by molar-refractivity contribution is -0.132. The molecule has 7 heteroatoms. The molecule has 1 atom stereocenters. The fourth-order valence-electron chi connectivity index (χ4n) is 4.13. The summed E-state index contributed by atoms with van der Waals surface area (Å²) < 4.78 is 5.40. The van der Waals surface area contributed by atoms with Crippen molar-refractivity contribution >= 4 is 34.7 Å². The van der Waals surface area contributed by atoms with Crippen molar-refractivity contribution in [2.45, 2.75) is 26.8 Å². The molecular formula is C27H24ClNO5. The van der Waals surface area contributed by atoms with Crippen LogP contribution >= 0.6 is 11.6 Å². The fraction of sp³-hybridized carbons (Fsp3) is 0.185. The average molecular weight is 478 g/mol. The number of carbonyl (C=O) groups is 2. The van der Waals surface area contributed by atoms with Gasteiger partial charge in [-0.3, -0.25) is 14.5 Å². The number of ether oxygens (including phenoxy) is 1. The van der Waals surface area contributed by atoms with Gasteiger partial charge in [0.1, 0.15) is 17.3 Å². The zero-order valence-corrected chi connectivity index (χ0v) is 20.0. The van der Waals surface area contributed by atoms with Gasteiger partial charge < -0.3 is 14.9 Å². The summed E-state index contributed by atoms with van der Waals surface area (Å²) in [5, 5.41) is 21.4. The second kappa shape index (κ2) is 8.88. The Balaban J connectivity index is 2.01. The summed E-state index contributed by atoms with van der Waals surface area (Å²) in [4.78, 5) is 28.0. The van der Waals surface area contributed by atoms with E-state index in [2.05, 4.69) is 0 Å². The van der Waals surface area contributed by atoms with Gasteiger partial charge in [-0.25, -0.2) is 0 Å². The van der Waals surface area contributed by atoms with Gasteiger partial charge in [0.15, 0.2) is 0 Å². The van der Waals surface area contributed by atoms with Gasteiger partial charge in [-0.2, -0.15) is 0 Å². The molecule has 1 aliphatic heterocycles. The van der Waals surface area contributed by atoms with Crippen molar-refractivity contribution < 1.29 is 24.5 Å². The van der Waals surface area contributed by atoms with Crippen LogP contribution in [0.25, 0.3) is 5.76 Å². The largest absolute Gasteiger partial charge is 0.507 e. The smallest absolute Gasteiger partial charge is 0.300 e. The van der Waals surface area contributed by atoms with Gasteiger partial charge in [0.25, 0.3) is 11.7 Å². The predicted octanol–water partition coefficient (Wildman–Crippen LogP) is 5.61. The van der Waals surface area contributed by atoms with Gasteiger partial charge in [0, 0.05) is 5.69 Å². The Morgan fingerprint density at radius 1 is 0.971 bits per heavy atom. The van der Waals surface area contributed by atoms with Crippen LogP contribution in [0.5, 0.6) is 11.5 Å². The molecule has 2 N–H and O–H groups in total. The van der Waals surface area contributed by atoms with Crippen LogP contribution in [0, 0.1) is 20.8 Å². The monoisotopic (exact) mass is 477 g/mol. The van der Waals surface area contributed by atoms with Crippen LogP contribution in [0.1, 0.15) is 33.9 Å². The fourth-order valence-corrected chi connectivity index (χ4v) is 4.32. The summed E-state index contributed by atoms with van der Waals surface area (Å²) in [6.07, 6.45) is 0. The molecule has 1 unspecified atom stereocenters. The zero-order chi connectivity index (χ0) is 24.7. The number of hydrogen-bond donors (Lipinski definition) is 2. The summed E-state index contributed by atoms with van der Waals surface area (Å²) in [5.41, 5.74) is 4.01. The number of phenolic OH excluding ortho intramolecular Hbond substituents is 1. The van der Waals surface area contributed by atoms with Crippen molar-refractivity contribution in [2.24, 2.45) is 0 Å². The molecule has 0 radical (unpaired) electrons. The molecule has 6 nitrogen and oxygen atoms in total. The van der Waals surface area contributed by atoms with E-state index in [9.17, 15) is 19.8 Å². The number of benzene rings is 3. The minimum absolute atomic E-state index is 0.0660. The highest BCUT2D eigenvalue weighted by Gasteiger charge is 2.47. The summed E-state index contributed by atoms with van der Waals surface area (Å²) in [5.74, 6) is -1.71. The lowest BCUT2D eigenvalue weighted by atomic mass is 9.94. The number of halogens is 1. The number of nitrogens with zero attached hydrogens (tertiary/aromatic N) is 1. The number of aliphatic hydroxyl groups excluding tert-OH is 1. The second-order valence-corrected chi connectivity index (χ2v) is 8.76. The molecular weight excluding hydrogens is 454 g/mol. The number of aryl methyl sites for hydroxylation is 3. The summed E-state index contributed by atoms with van der Waals surface area (Å²) in [6.45, 7) is 5.72. The molecule has 1 saturated heterocycles. The van der Waals surface area contributed by atoms with Crippen LogP contribution < -0.4 is 9.64 Å². The SMILES string of the molecule is COc1ccc(C)cc1/C(O)=C1\C(=O)C(=O)N(c2ccc(C)c(C)c2)C1c1ccc(O)c(Cl)c1. The highest BCUT2D eigenvalue weighted by Crippen LogP contribution is 2.44. The first kappa shape index (κ1) is 23.4. The number of aromatic hydroxyl groups is 1. The number of aliphatic hydroxyl groups is 1. The van der Waals surface area contributed by atoms with E-state index in [1.807, 2.05) is 39.0 Å². The number of rotatable bonds is 4. The molecule has 0 bridgehead atoms. The van der Waals surface area contributed by atoms with Crippen LogP contribution in [-0.4, -0.2) is 29.0 Å². The number of hydrogen-bond acceptors (Lipinski definition) is 5. The van der Waals surface area contributed by atoms with Crippen molar-refractivity contribution in [3.05, 3.63) is 93.0 Å². The van der Waals surface area contributed by atoms with E-state index in [0.717, 1.165) is 16.7 Å². The molecule has 3 aromatic carbocycles. The standard InChI is InChI=1S/C27H24ClNO5/c1-14-5-10-22(34-4)19(11-14)25(31)23-24(17-7-9-21(30)20(28)13-17)29(27(33)26(23)32)18-8-6-15(2)16(3)12-18/h5-13,24,30-31H,1-4H3/b25-23+. The first-order valence-electron chi connectivity index (χ1n) is 10.7. The van der Waals surface area contributed by atoms with Gasteiger partial charge in [0.2, 0.25) is 0 Å². The number of methoxy groups -OCH3 is 1. The topological polar surface area (TPSA) is 87.1 Å². The molecule has 1 aliphatic rings. The van der Waals surface area contributed by atoms with Crippen LogP contribution in [-0.2, 0) is 9.59 Å². The highest BCUT2D eigenvalue weighted by molar-refractivity contribution is 6.51. The van der Waals surface area contributed by atoms with E-state index < -0.39 is 17.7 Å². The number of anilines is 1. The molecule has 0 spiro atoms. The van der Waals surface area contributed by atoms with E-state index in [1.165, 1.54) is 24.1 Å². The average Bonchev–Trinajstić information content (AvgIpc) is 3.07. The summed E-state index contributed by atoms with van der Waals surface area (Å²) in [7, 11) is 1.46. The number of ketones is 1. The van der Waals surface area contributed by atoms with Crippen molar-refractivity contribution in [2.75, 3.05) is 12.0 Å². The number of amides is 1. The summed E-state index contributed by atoms with van der Waals surface area (Å²) in [6, 6.07) is 14.1. The molecule has 4 rings (SSSR count). The molecule has 3 aromatic rings. The van der Waals surface area contributed by atoms with Crippen molar-refractivity contribution in [3.63, 3.8) is 0 Å². The third-order valence-electron chi connectivity index (χ3n) is 6.11. The number of Topliss-reactive ketones (excluding diaryl/α,β-unsaturated/α-hetero) is 1. The minimum atomic E-state index is -0.967. The number of phenols is 1. The maximum atomic E-state index is 13.3. The van der Waals surface area contributed by atoms with E-state index in [-0.39, 0.29) is 22.1 Å². The maximum Gasteiger partial charge on any atom is 0.300 e. The molecule has 1 heterocycles. The first-order valence-corrected chi connectivity index (χ1v) is 11.0. The lowest BCUT2D eigenvalue weighted by Gasteiger charge is -2.26. The van der Waals surface area contributed by atoms with Crippen molar-refractivity contribution in [1.29, 1.82) is 0 Å². The number of carbonyl (C=O) groups excluding carboxylic acids is 2. The van der Waals surface area contributed by atoms with Crippen LogP contribution in [0.4, 0.5) is 5.69 Å². The maximum absolute atomic E-state index is 13.3. The van der Waals surface area contributed by atoms with Gasteiger partial charge in [-0.05, 0) is 73.9 Å². The first-order chi connectivity index (χ1) is 16.1. The third-order valence-corrected chi connectivity index (χ3v) is 6.41. The van der Waals surface area contributed by atoms with E-state index in [0.29, 0.717) is 22.6 Å². The van der Waals surface area contributed by atoms with Crippen molar-refractivity contribution in [3.8, 4) is 11.5 Å². The molecule has 1 fully saturated rings. The zero-order valence-electron chi connectivity index (χ0n) is 19.2. The van der Waals surface area contributed by atoms with Gasteiger partial charge in [0.05, 0.1) is 29.3 Å². The van der Waals surface area contributed by atoms with Crippen molar-refractivity contribution in [1.82, 2.24) is 0 Å². The molecule has 0 saturated carbocycles. The Morgan fingerprint density at radius 3 is 2.35 bits per heavy atom. The van der Waals surface area contributed by atoms with Crippen LogP contribution in [0.15, 0.2) is 60.2 Å². The normalized spacial score (nSPS) is 17.3. The van der Waals surface area contributed by atoms with E-state index in [4.69, 9.17) is 16.3 Å². The Bertz CT molecular complexity index is 1360. The van der Waals surface area contributed by atoms with E-state index in [1.54, 1.807) is 24.3 Å². The predicted molar refractivity (Wildman–Crippen MR) is 132 cm³/mol. The Kier molecular flexibility index (Phi) is 6.11. The van der Waals surface area contributed by atoms with Crippen LogP contribution in [0.2, 0.25) is 5.02 Å². The van der Waals surface area contributed by atoms with Gasteiger partial charge in [-0.1, -0.05) is 35.4 Å². The molecule has 1 amide bonds. The molecule has 174 valence electrons. The van der Waals surface area contributed by atoms with Gasteiger partial charge >= 0.3 is 0 Å². The molecule has 0 aromatic heterocycles. The highest BCUT2D eigenvalue weighted by atomic mass is 35.5. The Hall–Kier alpha value is -3.77. The van der Waals surface area contributed by atoms with Crippen LogP contribution in [0.3, 0.4) is 0 Å². The van der Waals surface area contributed by atoms with E-state index >= 15 is 0 Å². The Morgan fingerprint density at radius 2 is 1.71 bits per heavy atom. The lowest BCUT2D eigenvalue weighted by Crippen LogP contribution is -2.29. The molecule has 0 aliphatic carbocycles. The third kappa shape index (κ3) is 3.90. The minimum Gasteiger partial charge on any atom is -0.507 e. The second-order valence-electron chi connectivity index (χ2n) is 8.35.